The van der Waals surface area contributed by atoms with Crippen LogP contribution >= 0.6 is 0 Å². The summed E-state index contributed by atoms with van der Waals surface area (Å²) in [5.74, 6) is 0.694. The topological polar surface area (TPSA) is 0 Å². The number of hydrogen-bond acceptors (Lipinski definition) is 0. The maximum absolute atomic E-state index is 9.80. The minimum absolute atomic E-state index is 0.694. The Kier molecular flexibility index (Phi) is 6.10. The number of rotatable bonds is 0. The molecule has 1 aliphatic carbocycles. The van der Waals surface area contributed by atoms with Crippen LogP contribution in [0.3, 0.4) is 0 Å². The van der Waals surface area contributed by atoms with E-state index in [1.165, 1.54) is 5.57 Å². The van der Waals surface area contributed by atoms with Gasteiger partial charge in [0.25, 0.3) is 0 Å². The molecule has 0 saturated heterocycles. The Morgan fingerprint density at radius 3 is 2.10 bits per heavy atom. The van der Waals surface area contributed by atoms with Gasteiger partial charge in [-0.1, -0.05) is 30.7 Å². The zero-order valence-corrected chi connectivity index (χ0v) is 8.52. The molecule has 56 valence electrons. The molecule has 0 N–H and O–H groups in total. The molecular weight excluding hydrogens is 213 g/mol. The van der Waals surface area contributed by atoms with Crippen molar-refractivity contribution in [2.24, 2.45) is 5.92 Å². The SMILES string of the molecule is CC1=CC=CC1C.[F][Zr][F]. The molecule has 0 heterocycles. The molecule has 1 atom stereocenters. The van der Waals surface area contributed by atoms with Crippen molar-refractivity contribution in [2.45, 2.75) is 13.8 Å². The Morgan fingerprint density at radius 2 is 2.00 bits per heavy atom. The van der Waals surface area contributed by atoms with Gasteiger partial charge in [-0.3, -0.25) is 0 Å². The van der Waals surface area contributed by atoms with Gasteiger partial charge in [0.05, 0.1) is 0 Å². The molecule has 0 saturated carbocycles. The van der Waals surface area contributed by atoms with E-state index in [0.29, 0.717) is 5.92 Å². The van der Waals surface area contributed by atoms with Gasteiger partial charge in [-0.15, -0.1) is 0 Å². The first-order valence-corrected chi connectivity index (χ1v) is 4.89. The summed E-state index contributed by atoms with van der Waals surface area (Å²) in [5, 5.41) is 0. The summed E-state index contributed by atoms with van der Waals surface area (Å²) >= 11 is -2.77. The minimum atomic E-state index is -2.77. The van der Waals surface area contributed by atoms with Crippen LogP contribution in [0.5, 0.6) is 0 Å². The zero-order valence-electron chi connectivity index (χ0n) is 6.07. The molecule has 0 fully saturated rings. The zero-order chi connectivity index (χ0) is 7.98. The predicted octanol–water partition coefficient (Wildman–Crippen LogP) is 2.98. The Morgan fingerprint density at radius 1 is 1.50 bits per heavy atom. The average Bonchev–Trinajstić information content (AvgIpc) is 2.19. The van der Waals surface area contributed by atoms with Crippen LogP contribution in [0.2, 0.25) is 0 Å². The van der Waals surface area contributed by atoms with E-state index in [9.17, 15) is 5.25 Å². The summed E-state index contributed by atoms with van der Waals surface area (Å²) < 4.78 is 19.6. The second kappa shape index (κ2) is 5.97. The van der Waals surface area contributed by atoms with E-state index in [1.54, 1.807) is 0 Å². The third-order valence-electron chi connectivity index (χ3n) is 1.48. The van der Waals surface area contributed by atoms with Crippen molar-refractivity contribution in [1.82, 2.24) is 0 Å². The van der Waals surface area contributed by atoms with Crippen LogP contribution in [-0.2, 0) is 24.5 Å². The summed E-state index contributed by atoms with van der Waals surface area (Å²) in [7, 11) is 0. The quantitative estimate of drug-likeness (QED) is 0.592. The van der Waals surface area contributed by atoms with Crippen molar-refractivity contribution in [2.75, 3.05) is 0 Å². The van der Waals surface area contributed by atoms with Crippen LogP contribution < -0.4 is 0 Å². The molecule has 0 aromatic carbocycles. The third kappa shape index (κ3) is 4.11. The van der Waals surface area contributed by atoms with Gasteiger partial charge < -0.3 is 0 Å². The molecular formula is C7H10F2Zr. The molecule has 3 heteroatoms. The molecule has 0 nitrogen and oxygen atoms in total. The van der Waals surface area contributed by atoms with Crippen LogP contribution in [0, 0.1) is 5.92 Å². The Bertz CT molecular complexity index is 141. The van der Waals surface area contributed by atoms with Crippen molar-refractivity contribution >= 4 is 0 Å². The second-order valence-electron chi connectivity index (χ2n) is 2.16. The fourth-order valence-electron chi connectivity index (χ4n) is 0.678. The summed E-state index contributed by atoms with van der Waals surface area (Å²) in [6.45, 7) is 4.36. The van der Waals surface area contributed by atoms with E-state index >= 15 is 0 Å². The molecule has 0 bridgehead atoms. The molecule has 1 unspecified atom stereocenters. The van der Waals surface area contributed by atoms with Gasteiger partial charge in [-0.25, -0.2) is 0 Å². The van der Waals surface area contributed by atoms with Crippen LogP contribution in [0.25, 0.3) is 0 Å². The monoisotopic (exact) mass is 222 g/mol. The molecule has 0 aliphatic heterocycles. The summed E-state index contributed by atoms with van der Waals surface area (Å²) in [5.41, 5.74) is 1.47. The molecule has 1 rings (SSSR count). The van der Waals surface area contributed by atoms with E-state index in [-0.39, 0.29) is 0 Å². The fourth-order valence-corrected chi connectivity index (χ4v) is 0.678. The van der Waals surface area contributed by atoms with Crippen LogP contribution in [0.1, 0.15) is 13.8 Å². The first kappa shape index (κ1) is 10.2. The number of hydrogen-bond donors (Lipinski definition) is 0. The molecule has 0 amide bonds. The molecule has 0 radical (unpaired) electrons. The van der Waals surface area contributed by atoms with Crippen LogP contribution in [0.4, 0.5) is 5.25 Å². The number of halogens is 2. The van der Waals surface area contributed by atoms with E-state index in [0.717, 1.165) is 0 Å². The Hall–Kier alpha value is 0.223. The van der Waals surface area contributed by atoms with Crippen molar-refractivity contribution in [1.29, 1.82) is 0 Å². The summed E-state index contributed by atoms with van der Waals surface area (Å²) in [4.78, 5) is 0. The predicted molar refractivity (Wildman–Crippen MR) is 34.3 cm³/mol. The molecule has 10 heavy (non-hydrogen) atoms. The first-order chi connectivity index (χ1) is 4.72. The fraction of sp³-hybridized carbons (Fsp3) is 0.429. The average molecular weight is 223 g/mol. The van der Waals surface area contributed by atoms with Gasteiger partial charge in [-0.05, 0) is 12.8 Å². The summed E-state index contributed by atoms with van der Waals surface area (Å²) in [6, 6.07) is 0. The maximum atomic E-state index is 9.80. The molecule has 0 aromatic heterocycles. The van der Waals surface area contributed by atoms with Crippen LogP contribution in [0.15, 0.2) is 23.8 Å². The Balaban J connectivity index is 0.000000236. The van der Waals surface area contributed by atoms with E-state index in [1.807, 2.05) is 0 Å². The van der Waals surface area contributed by atoms with Gasteiger partial charge in [-0.2, -0.15) is 0 Å². The molecule has 0 aromatic rings. The Labute approximate surface area is 73.3 Å². The van der Waals surface area contributed by atoms with Crippen molar-refractivity contribution < 1.29 is 29.7 Å². The van der Waals surface area contributed by atoms with Crippen molar-refractivity contribution in [3.05, 3.63) is 23.8 Å². The van der Waals surface area contributed by atoms with Gasteiger partial charge in [0, 0.05) is 0 Å². The van der Waals surface area contributed by atoms with Gasteiger partial charge in [0.15, 0.2) is 0 Å². The molecule has 1 aliphatic rings. The van der Waals surface area contributed by atoms with Gasteiger partial charge >= 0.3 is 29.7 Å². The van der Waals surface area contributed by atoms with E-state index in [4.69, 9.17) is 0 Å². The van der Waals surface area contributed by atoms with Crippen molar-refractivity contribution in [3.63, 3.8) is 0 Å². The van der Waals surface area contributed by atoms with Gasteiger partial charge in [0.1, 0.15) is 0 Å². The standard InChI is InChI=1S/C7H10.2FH.Zr/c1-6-4-3-5-7(6)2;;;/h3-6H,1-2H3;2*1H;/q;;;+2/p-2. The third-order valence-corrected chi connectivity index (χ3v) is 1.48. The second-order valence-corrected chi connectivity index (χ2v) is 2.51. The summed E-state index contributed by atoms with van der Waals surface area (Å²) in [6.07, 6.45) is 6.47. The van der Waals surface area contributed by atoms with E-state index in [2.05, 4.69) is 32.1 Å². The van der Waals surface area contributed by atoms with E-state index < -0.39 is 24.5 Å². The molecule has 0 spiro atoms. The number of allylic oxidation sites excluding steroid dienone is 4. The van der Waals surface area contributed by atoms with Crippen LogP contribution in [-0.4, -0.2) is 0 Å². The normalized spacial score (nSPS) is 21.2. The first-order valence-electron chi connectivity index (χ1n) is 3.03. The van der Waals surface area contributed by atoms with Gasteiger partial charge in [0.2, 0.25) is 0 Å². The van der Waals surface area contributed by atoms with Crippen molar-refractivity contribution in [3.8, 4) is 0 Å².